The van der Waals surface area contributed by atoms with Crippen LogP contribution in [0.15, 0.2) is 12.1 Å². The third-order valence-corrected chi connectivity index (χ3v) is 3.31. The van der Waals surface area contributed by atoms with Gasteiger partial charge >= 0.3 is 0 Å². The third kappa shape index (κ3) is 4.59. The quantitative estimate of drug-likeness (QED) is 0.775. The molecule has 1 rings (SSSR count). The highest BCUT2D eigenvalue weighted by atomic mass is 19.1. The normalized spacial score (nSPS) is 14.7. The summed E-state index contributed by atoms with van der Waals surface area (Å²) < 4.78 is 14.1. The zero-order valence-electron chi connectivity index (χ0n) is 12.7. The molecule has 1 unspecified atom stereocenters. The van der Waals surface area contributed by atoms with Crippen molar-refractivity contribution >= 4 is 0 Å². The lowest BCUT2D eigenvalue weighted by atomic mass is 9.87. The zero-order chi connectivity index (χ0) is 14.6. The number of rotatable bonds is 6. The molecule has 0 spiro atoms. The third-order valence-electron chi connectivity index (χ3n) is 3.31. The smallest absolute Gasteiger partial charge is 0.129 e. The number of halogens is 1. The molecule has 1 aromatic carbocycles. The van der Waals surface area contributed by atoms with Gasteiger partial charge in [-0.15, -0.1) is 0 Å². The minimum atomic E-state index is -1.13. The van der Waals surface area contributed by atoms with Crippen LogP contribution in [0.2, 0.25) is 0 Å². The lowest BCUT2D eigenvalue weighted by molar-refractivity contribution is 0.0435. The molecule has 2 nitrogen and oxygen atoms in total. The van der Waals surface area contributed by atoms with Crippen molar-refractivity contribution in [3.8, 4) is 0 Å². The van der Waals surface area contributed by atoms with Crippen molar-refractivity contribution in [1.82, 2.24) is 5.32 Å². The fourth-order valence-corrected chi connectivity index (χ4v) is 2.45. The summed E-state index contributed by atoms with van der Waals surface area (Å²) in [5.74, 6) is 0.258. The van der Waals surface area contributed by atoms with Gasteiger partial charge in [0.2, 0.25) is 0 Å². The van der Waals surface area contributed by atoms with Gasteiger partial charge in [-0.25, -0.2) is 4.39 Å². The molecule has 0 bridgehead atoms. The summed E-state index contributed by atoms with van der Waals surface area (Å²) in [6.07, 6.45) is 0.501. The number of hydrogen-bond donors (Lipinski definition) is 2. The summed E-state index contributed by atoms with van der Waals surface area (Å²) in [7, 11) is 0. The Balaban J connectivity index is 2.77. The zero-order valence-corrected chi connectivity index (χ0v) is 12.7. The second-order valence-electron chi connectivity index (χ2n) is 6.06. The van der Waals surface area contributed by atoms with Gasteiger partial charge in [0, 0.05) is 5.56 Å². The van der Waals surface area contributed by atoms with Gasteiger partial charge in [-0.2, -0.15) is 0 Å². The maximum atomic E-state index is 14.1. The molecular weight excluding hydrogens is 241 g/mol. The van der Waals surface area contributed by atoms with Crippen LogP contribution >= 0.6 is 0 Å². The van der Waals surface area contributed by atoms with E-state index < -0.39 is 5.60 Å². The van der Waals surface area contributed by atoms with Gasteiger partial charge in [-0.05, 0) is 63.4 Å². The van der Waals surface area contributed by atoms with Crippen molar-refractivity contribution in [3.05, 3.63) is 34.6 Å². The van der Waals surface area contributed by atoms with Crippen molar-refractivity contribution in [2.45, 2.75) is 46.6 Å². The number of nitrogens with one attached hydrogen (secondary N) is 1. The SMILES string of the molecule is Cc1cc(C)c(C(C)(O)CCNCC(C)C)c(F)c1. The predicted octanol–water partition coefficient (Wildman–Crippen LogP) is 3.29. The van der Waals surface area contributed by atoms with Gasteiger partial charge in [0.15, 0.2) is 0 Å². The van der Waals surface area contributed by atoms with E-state index >= 15 is 0 Å². The summed E-state index contributed by atoms with van der Waals surface area (Å²) in [4.78, 5) is 0. The average Bonchev–Trinajstić information content (AvgIpc) is 2.22. The molecular formula is C16H26FNO. The fraction of sp³-hybridized carbons (Fsp3) is 0.625. The Bertz CT molecular complexity index is 404. The molecule has 1 aromatic rings. The van der Waals surface area contributed by atoms with E-state index in [2.05, 4.69) is 19.2 Å². The van der Waals surface area contributed by atoms with E-state index in [9.17, 15) is 9.50 Å². The summed E-state index contributed by atoms with van der Waals surface area (Å²) >= 11 is 0. The minimum absolute atomic E-state index is 0.314. The Labute approximate surface area is 116 Å². The van der Waals surface area contributed by atoms with Crippen LogP contribution in [0.25, 0.3) is 0 Å². The molecule has 0 aliphatic carbocycles. The van der Waals surface area contributed by atoms with Crippen molar-refractivity contribution in [1.29, 1.82) is 0 Å². The fourth-order valence-electron chi connectivity index (χ4n) is 2.45. The Hall–Kier alpha value is -0.930. The van der Waals surface area contributed by atoms with E-state index in [1.807, 2.05) is 19.9 Å². The first-order valence-electron chi connectivity index (χ1n) is 6.94. The number of aryl methyl sites for hydroxylation is 2. The Kier molecular flexibility index (Phi) is 5.50. The van der Waals surface area contributed by atoms with Crippen LogP contribution in [0.4, 0.5) is 4.39 Å². The molecule has 0 heterocycles. The van der Waals surface area contributed by atoms with Crippen LogP contribution < -0.4 is 5.32 Å². The molecule has 0 saturated carbocycles. The van der Waals surface area contributed by atoms with Gasteiger partial charge < -0.3 is 10.4 Å². The van der Waals surface area contributed by atoms with E-state index in [0.29, 0.717) is 24.4 Å². The summed E-state index contributed by atoms with van der Waals surface area (Å²) in [5.41, 5.74) is 0.981. The largest absolute Gasteiger partial charge is 0.385 e. The van der Waals surface area contributed by atoms with Gasteiger partial charge in [0.1, 0.15) is 5.82 Å². The summed E-state index contributed by atoms with van der Waals surface area (Å²) in [6, 6.07) is 3.40. The second kappa shape index (κ2) is 6.49. The predicted molar refractivity (Wildman–Crippen MR) is 77.8 cm³/mol. The molecule has 0 saturated heterocycles. The molecule has 0 fully saturated rings. The first-order chi connectivity index (χ1) is 8.74. The van der Waals surface area contributed by atoms with Crippen molar-refractivity contribution in [2.24, 2.45) is 5.92 Å². The maximum Gasteiger partial charge on any atom is 0.129 e. The molecule has 108 valence electrons. The lowest BCUT2D eigenvalue weighted by Crippen LogP contribution is -2.31. The first-order valence-corrected chi connectivity index (χ1v) is 6.94. The van der Waals surface area contributed by atoms with Crippen LogP contribution in [0.1, 0.15) is 43.9 Å². The van der Waals surface area contributed by atoms with Crippen LogP contribution in [-0.2, 0) is 5.60 Å². The van der Waals surface area contributed by atoms with Gasteiger partial charge in [0.05, 0.1) is 5.60 Å². The van der Waals surface area contributed by atoms with Crippen LogP contribution in [0.5, 0.6) is 0 Å². The number of hydrogen-bond acceptors (Lipinski definition) is 2. The van der Waals surface area contributed by atoms with Crippen molar-refractivity contribution < 1.29 is 9.50 Å². The highest BCUT2D eigenvalue weighted by molar-refractivity contribution is 5.35. The number of aliphatic hydroxyl groups is 1. The first kappa shape index (κ1) is 16.1. The molecule has 2 N–H and O–H groups in total. The molecule has 3 heteroatoms. The number of benzene rings is 1. The van der Waals surface area contributed by atoms with Crippen LogP contribution in [-0.4, -0.2) is 18.2 Å². The minimum Gasteiger partial charge on any atom is -0.385 e. The van der Waals surface area contributed by atoms with E-state index in [1.54, 1.807) is 6.92 Å². The van der Waals surface area contributed by atoms with Gasteiger partial charge in [0.25, 0.3) is 0 Å². The molecule has 0 aliphatic heterocycles. The highest BCUT2D eigenvalue weighted by Crippen LogP contribution is 2.30. The van der Waals surface area contributed by atoms with Crippen LogP contribution in [0, 0.1) is 25.6 Å². The standard InChI is InChI=1S/C16H26FNO/c1-11(2)10-18-7-6-16(5,19)15-13(4)8-12(3)9-14(15)17/h8-9,11,18-19H,6-7,10H2,1-5H3. The van der Waals surface area contributed by atoms with Crippen molar-refractivity contribution in [3.63, 3.8) is 0 Å². The lowest BCUT2D eigenvalue weighted by Gasteiger charge is -2.27. The molecule has 0 aliphatic rings. The van der Waals surface area contributed by atoms with Crippen LogP contribution in [0.3, 0.4) is 0 Å². The van der Waals surface area contributed by atoms with Crippen molar-refractivity contribution in [2.75, 3.05) is 13.1 Å². The Morgan fingerprint density at radius 1 is 1.32 bits per heavy atom. The van der Waals surface area contributed by atoms with E-state index in [-0.39, 0.29) is 5.82 Å². The van der Waals surface area contributed by atoms with E-state index in [0.717, 1.165) is 17.7 Å². The van der Waals surface area contributed by atoms with Gasteiger partial charge in [-0.1, -0.05) is 19.9 Å². The monoisotopic (exact) mass is 267 g/mol. The highest BCUT2D eigenvalue weighted by Gasteiger charge is 2.28. The molecule has 1 atom stereocenters. The summed E-state index contributed by atoms with van der Waals surface area (Å²) in [6.45, 7) is 11.2. The Morgan fingerprint density at radius 3 is 2.47 bits per heavy atom. The molecule has 0 amide bonds. The van der Waals surface area contributed by atoms with E-state index in [4.69, 9.17) is 0 Å². The average molecular weight is 267 g/mol. The van der Waals surface area contributed by atoms with Gasteiger partial charge in [-0.3, -0.25) is 0 Å². The topological polar surface area (TPSA) is 32.3 Å². The maximum absolute atomic E-state index is 14.1. The Morgan fingerprint density at radius 2 is 1.95 bits per heavy atom. The van der Waals surface area contributed by atoms with E-state index in [1.165, 1.54) is 6.07 Å². The second-order valence-corrected chi connectivity index (χ2v) is 6.06. The summed E-state index contributed by atoms with van der Waals surface area (Å²) in [5, 5.41) is 13.8. The molecule has 0 aromatic heterocycles. The molecule has 19 heavy (non-hydrogen) atoms. The molecule has 0 radical (unpaired) electrons.